The lowest BCUT2D eigenvalue weighted by Crippen LogP contribution is -2.43. The Kier molecular flexibility index (Phi) is 4.89. The van der Waals surface area contributed by atoms with E-state index >= 15 is 0 Å². The number of benzene rings is 1. The molecule has 122 valence electrons. The maximum atomic E-state index is 12.4. The molecule has 1 N–H and O–H groups in total. The summed E-state index contributed by atoms with van der Waals surface area (Å²) in [4.78, 5) is 23.9. The summed E-state index contributed by atoms with van der Waals surface area (Å²) in [5.41, 5.74) is 1.61. The van der Waals surface area contributed by atoms with Gasteiger partial charge in [0.1, 0.15) is 6.04 Å². The van der Waals surface area contributed by atoms with Crippen LogP contribution in [-0.2, 0) is 0 Å². The summed E-state index contributed by atoms with van der Waals surface area (Å²) >= 11 is 1.32. The Balaban J connectivity index is 2.18. The molecule has 2 aromatic rings. The zero-order chi connectivity index (χ0) is 17.2. The standard InChI is InChI=1S/C16H14F3NO2S/c1-9(21)14-13(7-8-23-14)11-3-5-12(6-4-11)15(22)20-10(2)16(17,18)19/h3-8,10H,1-2H3,(H,20,22)/t10-/m0/s1. The molecule has 0 aliphatic heterocycles. The largest absolute Gasteiger partial charge is 0.408 e. The van der Waals surface area contributed by atoms with Crippen molar-refractivity contribution in [3.05, 3.63) is 46.2 Å². The molecule has 0 aliphatic carbocycles. The summed E-state index contributed by atoms with van der Waals surface area (Å²) in [6, 6.07) is 5.98. The van der Waals surface area contributed by atoms with Crippen LogP contribution in [0.1, 0.15) is 33.9 Å². The smallest absolute Gasteiger partial charge is 0.341 e. The maximum absolute atomic E-state index is 12.4. The van der Waals surface area contributed by atoms with Gasteiger partial charge in [-0.1, -0.05) is 12.1 Å². The summed E-state index contributed by atoms with van der Waals surface area (Å²) in [6.07, 6.45) is -4.48. The molecule has 0 spiro atoms. The summed E-state index contributed by atoms with van der Waals surface area (Å²) in [7, 11) is 0. The van der Waals surface area contributed by atoms with E-state index in [1.165, 1.54) is 30.4 Å². The third-order valence-corrected chi connectivity index (χ3v) is 4.30. The Labute approximate surface area is 135 Å². The van der Waals surface area contributed by atoms with Gasteiger partial charge in [-0.3, -0.25) is 9.59 Å². The molecular formula is C16H14F3NO2S. The molecular weight excluding hydrogens is 327 g/mol. The van der Waals surface area contributed by atoms with Gasteiger partial charge in [-0.25, -0.2) is 0 Å². The van der Waals surface area contributed by atoms with Crippen LogP contribution in [-0.4, -0.2) is 23.9 Å². The van der Waals surface area contributed by atoms with Crippen LogP contribution in [0.5, 0.6) is 0 Å². The van der Waals surface area contributed by atoms with Gasteiger partial charge in [0.2, 0.25) is 0 Å². The Bertz CT molecular complexity index is 720. The van der Waals surface area contributed by atoms with Crippen molar-refractivity contribution >= 4 is 23.0 Å². The number of thiophene rings is 1. The Morgan fingerprint density at radius 1 is 1.13 bits per heavy atom. The fraction of sp³-hybridized carbons (Fsp3) is 0.250. The first-order valence-electron chi connectivity index (χ1n) is 6.76. The lowest BCUT2D eigenvalue weighted by atomic mass is 10.0. The van der Waals surface area contributed by atoms with Gasteiger partial charge in [-0.2, -0.15) is 13.2 Å². The summed E-state index contributed by atoms with van der Waals surface area (Å²) in [6.45, 7) is 2.35. The van der Waals surface area contributed by atoms with Crippen LogP contribution in [0, 0.1) is 0 Å². The second kappa shape index (κ2) is 6.54. The lowest BCUT2D eigenvalue weighted by Gasteiger charge is -2.17. The van der Waals surface area contributed by atoms with E-state index in [0.29, 0.717) is 4.88 Å². The number of ketones is 1. The van der Waals surface area contributed by atoms with Crippen LogP contribution in [0.3, 0.4) is 0 Å². The predicted octanol–water partition coefficient (Wildman–Crippen LogP) is 4.30. The zero-order valence-corrected chi connectivity index (χ0v) is 13.2. The van der Waals surface area contributed by atoms with Crippen molar-refractivity contribution in [2.24, 2.45) is 0 Å². The van der Waals surface area contributed by atoms with E-state index in [2.05, 4.69) is 0 Å². The van der Waals surface area contributed by atoms with Crippen molar-refractivity contribution in [3.63, 3.8) is 0 Å². The zero-order valence-electron chi connectivity index (χ0n) is 12.4. The van der Waals surface area contributed by atoms with Crippen molar-refractivity contribution in [1.29, 1.82) is 0 Å². The average molecular weight is 341 g/mol. The number of nitrogens with one attached hydrogen (secondary N) is 1. The highest BCUT2D eigenvalue weighted by Gasteiger charge is 2.37. The maximum Gasteiger partial charge on any atom is 0.408 e. The molecule has 1 aromatic carbocycles. The first-order chi connectivity index (χ1) is 10.7. The van der Waals surface area contributed by atoms with E-state index < -0.39 is 18.1 Å². The number of amides is 1. The molecule has 0 bridgehead atoms. The molecule has 0 fully saturated rings. The van der Waals surface area contributed by atoms with Crippen LogP contribution in [0.25, 0.3) is 11.1 Å². The number of Topliss-reactive ketones (excluding diaryl/α,β-unsaturated/α-hetero) is 1. The summed E-state index contributed by atoms with van der Waals surface area (Å²) in [5, 5.41) is 3.69. The molecule has 23 heavy (non-hydrogen) atoms. The van der Waals surface area contributed by atoms with E-state index in [0.717, 1.165) is 18.1 Å². The minimum absolute atomic E-state index is 0.0594. The second-order valence-electron chi connectivity index (χ2n) is 5.03. The number of hydrogen-bond donors (Lipinski definition) is 1. The highest BCUT2D eigenvalue weighted by molar-refractivity contribution is 7.12. The molecule has 3 nitrogen and oxygen atoms in total. The van der Waals surface area contributed by atoms with Gasteiger partial charge in [-0.15, -0.1) is 11.3 Å². The Hall–Kier alpha value is -2.15. The number of carbonyl (C=O) groups excluding carboxylic acids is 2. The molecule has 0 saturated heterocycles. The highest BCUT2D eigenvalue weighted by atomic mass is 32.1. The molecule has 0 aliphatic rings. The van der Waals surface area contributed by atoms with E-state index in [4.69, 9.17) is 0 Å². The van der Waals surface area contributed by atoms with Crippen LogP contribution in [0.15, 0.2) is 35.7 Å². The fourth-order valence-corrected chi connectivity index (χ4v) is 2.79. The van der Waals surface area contributed by atoms with Gasteiger partial charge in [0, 0.05) is 11.1 Å². The van der Waals surface area contributed by atoms with E-state index in [-0.39, 0.29) is 11.3 Å². The molecule has 2 rings (SSSR count). The van der Waals surface area contributed by atoms with Crippen LogP contribution in [0.4, 0.5) is 13.2 Å². The van der Waals surface area contributed by atoms with Crippen molar-refractivity contribution in [2.75, 3.05) is 0 Å². The molecule has 0 saturated carbocycles. The molecule has 0 unspecified atom stereocenters. The molecule has 7 heteroatoms. The van der Waals surface area contributed by atoms with E-state index in [1.54, 1.807) is 23.6 Å². The highest BCUT2D eigenvalue weighted by Crippen LogP contribution is 2.29. The molecule has 0 radical (unpaired) electrons. The lowest BCUT2D eigenvalue weighted by molar-refractivity contribution is -0.149. The van der Waals surface area contributed by atoms with Crippen molar-refractivity contribution in [3.8, 4) is 11.1 Å². The van der Waals surface area contributed by atoms with Gasteiger partial charge in [0.15, 0.2) is 5.78 Å². The van der Waals surface area contributed by atoms with Crippen LogP contribution < -0.4 is 5.32 Å². The van der Waals surface area contributed by atoms with Gasteiger partial charge >= 0.3 is 6.18 Å². The average Bonchev–Trinajstić information content (AvgIpc) is 2.96. The molecule has 1 aromatic heterocycles. The number of carbonyl (C=O) groups is 2. The van der Waals surface area contributed by atoms with Gasteiger partial charge in [-0.05, 0) is 43.0 Å². The van der Waals surface area contributed by atoms with Gasteiger partial charge in [0.05, 0.1) is 4.88 Å². The topological polar surface area (TPSA) is 46.2 Å². The number of hydrogen-bond acceptors (Lipinski definition) is 3. The van der Waals surface area contributed by atoms with E-state index in [9.17, 15) is 22.8 Å². The Morgan fingerprint density at radius 3 is 2.26 bits per heavy atom. The molecule has 1 amide bonds. The SMILES string of the molecule is CC(=O)c1sccc1-c1ccc(C(=O)N[C@@H](C)C(F)(F)F)cc1. The van der Waals surface area contributed by atoms with Gasteiger partial charge in [0.25, 0.3) is 5.91 Å². The van der Waals surface area contributed by atoms with Crippen LogP contribution >= 0.6 is 11.3 Å². The minimum atomic E-state index is -4.48. The number of rotatable bonds is 4. The second-order valence-corrected chi connectivity index (χ2v) is 5.95. The van der Waals surface area contributed by atoms with Gasteiger partial charge < -0.3 is 5.32 Å². The summed E-state index contributed by atoms with van der Waals surface area (Å²) in [5.74, 6) is -0.852. The predicted molar refractivity (Wildman–Crippen MR) is 82.7 cm³/mol. The van der Waals surface area contributed by atoms with Crippen molar-refractivity contribution < 1.29 is 22.8 Å². The third-order valence-electron chi connectivity index (χ3n) is 3.28. The monoisotopic (exact) mass is 341 g/mol. The van der Waals surface area contributed by atoms with Crippen molar-refractivity contribution in [1.82, 2.24) is 5.32 Å². The first kappa shape index (κ1) is 17.2. The van der Waals surface area contributed by atoms with Crippen LogP contribution in [0.2, 0.25) is 0 Å². The molecule has 1 atom stereocenters. The molecule has 1 heterocycles. The first-order valence-corrected chi connectivity index (χ1v) is 7.64. The number of alkyl halides is 3. The van der Waals surface area contributed by atoms with Crippen molar-refractivity contribution in [2.45, 2.75) is 26.1 Å². The Morgan fingerprint density at radius 2 is 1.74 bits per heavy atom. The normalized spacial score (nSPS) is 12.7. The quantitative estimate of drug-likeness (QED) is 0.843. The van der Waals surface area contributed by atoms with E-state index in [1.807, 2.05) is 5.32 Å². The third kappa shape index (κ3) is 3.98. The number of halogens is 3. The fourth-order valence-electron chi connectivity index (χ4n) is 1.97. The minimum Gasteiger partial charge on any atom is -0.341 e. The summed E-state index contributed by atoms with van der Waals surface area (Å²) < 4.78 is 37.3.